The molecule has 0 saturated carbocycles. The van der Waals surface area contributed by atoms with E-state index in [9.17, 15) is 4.79 Å². The molecule has 1 aromatic carbocycles. The summed E-state index contributed by atoms with van der Waals surface area (Å²) in [4.78, 5) is 10.6. The second-order valence-corrected chi connectivity index (χ2v) is 3.72. The van der Waals surface area contributed by atoms with E-state index in [1.807, 2.05) is 0 Å². The van der Waals surface area contributed by atoms with E-state index < -0.39 is 5.97 Å². The van der Waals surface area contributed by atoms with Crippen molar-refractivity contribution in [3.05, 3.63) is 33.8 Å². The first kappa shape index (κ1) is 12.3. The lowest BCUT2D eigenvalue weighted by Crippen LogP contribution is -1.97. The molecule has 82 valence electrons. The van der Waals surface area contributed by atoms with Crippen molar-refractivity contribution in [2.75, 3.05) is 7.11 Å². The molecular weight excluding hydrogens is 274 g/mol. The van der Waals surface area contributed by atoms with Crippen molar-refractivity contribution in [3.8, 4) is 11.8 Å². The van der Waals surface area contributed by atoms with Crippen LogP contribution in [0.15, 0.2) is 28.2 Å². The number of hydrogen-bond acceptors (Lipinski definition) is 3. The van der Waals surface area contributed by atoms with Crippen molar-refractivity contribution in [2.45, 2.75) is 0 Å². The Hall–Kier alpha value is -1.80. The smallest absolute Gasteiger partial charge is 0.346 e. The topological polar surface area (TPSA) is 70.3 Å². The lowest BCUT2D eigenvalue weighted by Gasteiger charge is -2.03. The number of nitriles is 1. The molecule has 0 fully saturated rings. The molecule has 0 bridgehead atoms. The Morgan fingerprint density at radius 3 is 2.75 bits per heavy atom. The molecule has 5 heteroatoms. The average molecular weight is 282 g/mol. The Morgan fingerprint density at radius 1 is 1.62 bits per heavy atom. The third-order valence-corrected chi connectivity index (χ3v) is 2.46. The SMILES string of the molecule is COc1ccc(/C=C(\C#N)C(=O)O)cc1Br. The molecule has 1 rings (SSSR count). The Labute approximate surface area is 101 Å². The fourth-order valence-electron chi connectivity index (χ4n) is 1.08. The van der Waals surface area contributed by atoms with Crippen LogP contribution in [-0.4, -0.2) is 18.2 Å². The van der Waals surface area contributed by atoms with Gasteiger partial charge in [0.25, 0.3) is 0 Å². The molecule has 4 nitrogen and oxygen atoms in total. The largest absolute Gasteiger partial charge is 0.496 e. The van der Waals surface area contributed by atoms with Gasteiger partial charge in [0.2, 0.25) is 0 Å². The molecule has 0 atom stereocenters. The van der Waals surface area contributed by atoms with Crippen LogP contribution in [0.1, 0.15) is 5.56 Å². The van der Waals surface area contributed by atoms with Crippen LogP contribution < -0.4 is 4.74 Å². The Morgan fingerprint density at radius 2 is 2.31 bits per heavy atom. The molecular formula is C11H8BrNO3. The standard InChI is InChI=1S/C11H8BrNO3/c1-16-10-3-2-7(5-9(10)12)4-8(6-13)11(14)15/h2-5H,1H3,(H,14,15)/b8-4+. The van der Waals surface area contributed by atoms with Crippen LogP contribution in [0.3, 0.4) is 0 Å². The maximum atomic E-state index is 10.6. The van der Waals surface area contributed by atoms with E-state index in [1.54, 1.807) is 24.3 Å². The first-order valence-electron chi connectivity index (χ1n) is 4.27. The van der Waals surface area contributed by atoms with Crippen LogP contribution >= 0.6 is 15.9 Å². The normalized spacial score (nSPS) is 10.7. The van der Waals surface area contributed by atoms with Gasteiger partial charge in [-0.25, -0.2) is 4.79 Å². The van der Waals surface area contributed by atoms with Gasteiger partial charge in [-0.1, -0.05) is 6.07 Å². The minimum absolute atomic E-state index is 0.308. The van der Waals surface area contributed by atoms with E-state index in [-0.39, 0.29) is 5.57 Å². The fraction of sp³-hybridized carbons (Fsp3) is 0.0909. The Bertz CT molecular complexity index is 488. The van der Waals surface area contributed by atoms with Crippen molar-refractivity contribution >= 4 is 28.0 Å². The summed E-state index contributed by atoms with van der Waals surface area (Å²) in [6, 6.07) is 6.65. The van der Waals surface area contributed by atoms with Crippen molar-refractivity contribution in [2.24, 2.45) is 0 Å². The first-order valence-corrected chi connectivity index (χ1v) is 5.06. The maximum Gasteiger partial charge on any atom is 0.346 e. The number of methoxy groups -OCH3 is 1. The second-order valence-electron chi connectivity index (χ2n) is 2.87. The van der Waals surface area contributed by atoms with Crippen molar-refractivity contribution in [1.82, 2.24) is 0 Å². The molecule has 0 saturated heterocycles. The van der Waals surface area contributed by atoms with Crippen LogP contribution in [0, 0.1) is 11.3 Å². The zero-order valence-corrected chi connectivity index (χ0v) is 9.98. The van der Waals surface area contributed by atoms with Gasteiger partial charge in [0, 0.05) is 0 Å². The van der Waals surface area contributed by atoms with Crippen LogP contribution in [0.4, 0.5) is 0 Å². The monoisotopic (exact) mass is 281 g/mol. The lowest BCUT2D eigenvalue weighted by atomic mass is 10.1. The molecule has 16 heavy (non-hydrogen) atoms. The van der Waals surface area contributed by atoms with Gasteiger partial charge in [-0.2, -0.15) is 5.26 Å². The van der Waals surface area contributed by atoms with Gasteiger partial charge in [-0.3, -0.25) is 0 Å². The third kappa shape index (κ3) is 2.84. The summed E-state index contributed by atoms with van der Waals surface area (Å²) in [5.41, 5.74) is 0.309. The summed E-state index contributed by atoms with van der Waals surface area (Å²) < 4.78 is 5.73. The number of carboxylic acids is 1. The highest BCUT2D eigenvalue weighted by Gasteiger charge is 2.06. The maximum absolute atomic E-state index is 10.6. The van der Waals surface area contributed by atoms with Gasteiger partial charge < -0.3 is 9.84 Å². The van der Waals surface area contributed by atoms with Crippen molar-refractivity contribution < 1.29 is 14.6 Å². The van der Waals surface area contributed by atoms with E-state index in [2.05, 4.69) is 15.9 Å². The quantitative estimate of drug-likeness (QED) is 0.682. The molecule has 0 amide bonds. The van der Waals surface area contributed by atoms with Crippen molar-refractivity contribution in [3.63, 3.8) is 0 Å². The molecule has 0 aliphatic rings. The van der Waals surface area contributed by atoms with E-state index in [0.717, 1.165) is 0 Å². The van der Waals surface area contributed by atoms with E-state index in [4.69, 9.17) is 15.1 Å². The molecule has 1 N–H and O–H groups in total. The summed E-state index contributed by atoms with van der Waals surface area (Å²) in [6.07, 6.45) is 1.30. The number of hydrogen-bond donors (Lipinski definition) is 1. The van der Waals surface area contributed by atoms with Crippen LogP contribution in [0.2, 0.25) is 0 Å². The molecule has 0 spiro atoms. The number of benzene rings is 1. The van der Waals surface area contributed by atoms with Gasteiger partial charge in [0.05, 0.1) is 11.6 Å². The predicted octanol–water partition coefficient (Wildman–Crippen LogP) is 2.45. The molecule has 0 radical (unpaired) electrons. The average Bonchev–Trinajstić information content (AvgIpc) is 2.25. The first-order chi connectivity index (χ1) is 7.58. The molecule has 0 heterocycles. The lowest BCUT2D eigenvalue weighted by molar-refractivity contribution is -0.132. The minimum Gasteiger partial charge on any atom is -0.496 e. The number of halogens is 1. The van der Waals surface area contributed by atoms with E-state index in [0.29, 0.717) is 15.8 Å². The number of carboxylic acid groups (broad SMARTS) is 1. The van der Waals surface area contributed by atoms with Crippen LogP contribution in [0.5, 0.6) is 5.75 Å². The number of nitrogens with zero attached hydrogens (tertiary/aromatic N) is 1. The Balaban J connectivity index is 3.12. The van der Waals surface area contributed by atoms with Gasteiger partial charge >= 0.3 is 5.97 Å². The zero-order chi connectivity index (χ0) is 12.1. The highest BCUT2D eigenvalue weighted by atomic mass is 79.9. The highest BCUT2D eigenvalue weighted by molar-refractivity contribution is 9.10. The second kappa shape index (κ2) is 5.33. The summed E-state index contributed by atoms with van der Waals surface area (Å²) >= 11 is 3.27. The Kier molecular flexibility index (Phi) is 4.09. The van der Waals surface area contributed by atoms with Gasteiger partial charge in [-0.15, -0.1) is 0 Å². The molecule has 0 unspecified atom stereocenters. The highest BCUT2D eigenvalue weighted by Crippen LogP contribution is 2.26. The van der Waals surface area contributed by atoms with Crippen LogP contribution in [0.25, 0.3) is 6.08 Å². The number of aliphatic carboxylic acids is 1. The molecule has 0 aromatic heterocycles. The minimum atomic E-state index is -1.24. The van der Waals surface area contributed by atoms with Crippen molar-refractivity contribution in [1.29, 1.82) is 5.26 Å². The van der Waals surface area contributed by atoms with Crippen LogP contribution in [-0.2, 0) is 4.79 Å². The summed E-state index contributed by atoms with van der Waals surface area (Å²) in [7, 11) is 1.54. The van der Waals surface area contributed by atoms with E-state index in [1.165, 1.54) is 13.2 Å². The summed E-state index contributed by atoms with van der Waals surface area (Å²) in [5, 5.41) is 17.3. The third-order valence-electron chi connectivity index (χ3n) is 1.84. The summed E-state index contributed by atoms with van der Waals surface area (Å²) in [5.74, 6) is -0.597. The molecule has 1 aromatic rings. The number of ether oxygens (including phenoxy) is 1. The predicted molar refractivity (Wildman–Crippen MR) is 61.9 cm³/mol. The number of carbonyl (C=O) groups is 1. The fourth-order valence-corrected chi connectivity index (χ4v) is 1.64. The van der Waals surface area contributed by atoms with Gasteiger partial charge in [0.15, 0.2) is 0 Å². The summed E-state index contributed by atoms with van der Waals surface area (Å²) in [6.45, 7) is 0. The molecule has 0 aliphatic carbocycles. The van der Waals surface area contributed by atoms with E-state index >= 15 is 0 Å². The van der Waals surface area contributed by atoms with Gasteiger partial charge in [-0.05, 0) is 39.7 Å². The molecule has 0 aliphatic heterocycles. The van der Waals surface area contributed by atoms with Gasteiger partial charge in [0.1, 0.15) is 17.4 Å². The number of rotatable bonds is 3. The zero-order valence-electron chi connectivity index (χ0n) is 8.40.